The zero-order valence-corrected chi connectivity index (χ0v) is 11.6. The average molecular weight is 278 g/mol. The lowest BCUT2D eigenvalue weighted by molar-refractivity contribution is -0.132. The Kier molecular flexibility index (Phi) is 3.61. The van der Waals surface area contributed by atoms with Gasteiger partial charge >= 0.3 is 0 Å². The zero-order valence-electron chi connectivity index (χ0n) is 11.6. The van der Waals surface area contributed by atoms with Gasteiger partial charge in [-0.05, 0) is 31.0 Å². The quantitative estimate of drug-likeness (QED) is 0.891. The van der Waals surface area contributed by atoms with E-state index >= 15 is 0 Å². The summed E-state index contributed by atoms with van der Waals surface area (Å²) in [7, 11) is 1.77. The summed E-state index contributed by atoms with van der Waals surface area (Å²) < 4.78 is 19.2. The van der Waals surface area contributed by atoms with Gasteiger partial charge in [-0.2, -0.15) is 0 Å². The number of halogens is 1. The molecule has 1 N–H and O–H groups in total. The molecule has 1 aromatic rings. The third-order valence-corrected chi connectivity index (χ3v) is 3.83. The second-order valence-electron chi connectivity index (χ2n) is 5.56. The Balaban J connectivity index is 1.72. The molecule has 5 heteroatoms. The molecule has 1 atom stereocenters. The number of nitrogens with one attached hydrogen (secondary N) is 1. The SMILES string of the molecule is CN1CCC(Oc2ccc(F)cc2CNC2CC2)C1=O. The molecule has 1 aliphatic heterocycles. The predicted octanol–water partition coefficient (Wildman–Crippen LogP) is 1.69. The van der Waals surface area contributed by atoms with Crippen LogP contribution in [0.3, 0.4) is 0 Å². The van der Waals surface area contributed by atoms with Crippen molar-refractivity contribution >= 4 is 5.91 Å². The molecule has 1 heterocycles. The summed E-state index contributed by atoms with van der Waals surface area (Å²) in [5.74, 6) is 0.323. The van der Waals surface area contributed by atoms with Gasteiger partial charge in [0, 0.05) is 38.2 Å². The number of hydrogen-bond acceptors (Lipinski definition) is 3. The van der Waals surface area contributed by atoms with E-state index in [1.165, 1.54) is 25.0 Å². The highest BCUT2D eigenvalue weighted by Gasteiger charge is 2.31. The minimum atomic E-state index is -0.440. The van der Waals surface area contributed by atoms with Crippen LogP contribution in [0.15, 0.2) is 18.2 Å². The summed E-state index contributed by atoms with van der Waals surface area (Å²) in [6, 6.07) is 5.02. The number of ether oxygens (including phenoxy) is 1. The number of rotatable bonds is 5. The van der Waals surface area contributed by atoms with Gasteiger partial charge in [-0.15, -0.1) is 0 Å². The van der Waals surface area contributed by atoms with Crippen molar-refractivity contribution < 1.29 is 13.9 Å². The van der Waals surface area contributed by atoms with Crippen LogP contribution in [0.4, 0.5) is 4.39 Å². The lowest BCUT2D eigenvalue weighted by Crippen LogP contribution is -2.30. The topological polar surface area (TPSA) is 41.6 Å². The molecule has 1 unspecified atom stereocenters. The number of carbonyl (C=O) groups is 1. The van der Waals surface area contributed by atoms with Crippen molar-refractivity contribution in [3.8, 4) is 5.75 Å². The highest BCUT2D eigenvalue weighted by molar-refractivity contribution is 5.83. The molecule has 20 heavy (non-hydrogen) atoms. The molecule has 2 aliphatic rings. The zero-order chi connectivity index (χ0) is 14.1. The molecule has 0 radical (unpaired) electrons. The van der Waals surface area contributed by atoms with Gasteiger partial charge in [-0.25, -0.2) is 4.39 Å². The van der Waals surface area contributed by atoms with Crippen LogP contribution in [0.1, 0.15) is 24.8 Å². The van der Waals surface area contributed by atoms with Crippen LogP contribution in [0.2, 0.25) is 0 Å². The molecular weight excluding hydrogens is 259 g/mol. The second kappa shape index (κ2) is 5.40. The fraction of sp³-hybridized carbons (Fsp3) is 0.533. The maximum absolute atomic E-state index is 13.4. The van der Waals surface area contributed by atoms with Crippen LogP contribution in [0.5, 0.6) is 5.75 Å². The van der Waals surface area contributed by atoms with E-state index in [2.05, 4.69) is 5.32 Å². The molecule has 108 valence electrons. The van der Waals surface area contributed by atoms with E-state index in [1.807, 2.05) is 0 Å². The standard InChI is InChI=1S/C15H19FN2O2/c1-18-7-6-14(15(18)19)20-13-5-2-11(16)8-10(13)9-17-12-3-4-12/h2,5,8,12,14,17H,3-4,6-7,9H2,1H3. The average Bonchev–Trinajstić information content (AvgIpc) is 3.21. The fourth-order valence-electron chi connectivity index (χ4n) is 2.40. The maximum atomic E-state index is 13.4. The molecular formula is C15H19FN2O2. The van der Waals surface area contributed by atoms with E-state index in [1.54, 1.807) is 18.0 Å². The molecule has 1 saturated carbocycles. The van der Waals surface area contributed by atoms with Crippen LogP contribution in [0, 0.1) is 5.82 Å². The summed E-state index contributed by atoms with van der Waals surface area (Å²) in [5.41, 5.74) is 0.777. The predicted molar refractivity (Wildman–Crippen MR) is 72.9 cm³/mol. The number of nitrogens with zero attached hydrogens (tertiary/aromatic N) is 1. The minimum Gasteiger partial charge on any atom is -0.480 e. The Labute approximate surface area is 117 Å². The number of amides is 1. The molecule has 1 amide bonds. The molecule has 1 aliphatic carbocycles. The molecule has 2 fully saturated rings. The number of likely N-dealkylation sites (N-methyl/N-ethyl adjacent to an activating group) is 1. The van der Waals surface area contributed by atoms with Crippen LogP contribution in [-0.4, -0.2) is 36.5 Å². The van der Waals surface area contributed by atoms with Gasteiger partial charge in [-0.1, -0.05) is 0 Å². The van der Waals surface area contributed by atoms with Gasteiger partial charge in [0.15, 0.2) is 6.10 Å². The van der Waals surface area contributed by atoms with Gasteiger partial charge in [0.25, 0.3) is 5.91 Å². The Morgan fingerprint density at radius 1 is 1.40 bits per heavy atom. The van der Waals surface area contributed by atoms with Gasteiger partial charge < -0.3 is 15.0 Å². The smallest absolute Gasteiger partial charge is 0.263 e. The van der Waals surface area contributed by atoms with Crippen LogP contribution >= 0.6 is 0 Å². The fourth-order valence-corrected chi connectivity index (χ4v) is 2.40. The van der Waals surface area contributed by atoms with Gasteiger partial charge in [0.05, 0.1) is 0 Å². The van der Waals surface area contributed by atoms with Gasteiger partial charge in [0.1, 0.15) is 11.6 Å². The molecule has 1 saturated heterocycles. The van der Waals surface area contributed by atoms with Gasteiger partial charge in [0.2, 0.25) is 0 Å². The molecule has 3 rings (SSSR count). The third kappa shape index (κ3) is 2.93. The van der Waals surface area contributed by atoms with Crippen molar-refractivity contribution in [2.24, 2.45) is 0 Å². The van der Waals surface area contributed by atoms with Crippen LogP contribution in [0.25, 0.3) is 0 Å². The van der Waals surface area contributed by atoms with Crippen molar-refractivity contribution in [3.63, 3.8) is 0 Å². The summed E-state index contributed by atoms with van der Waals surface area (Å²) in [5, 5.41) is 3.34. The van der Waals surface area contributed by atoms with E-state index in [9.17, 15) is 9.18 Å². The summed E-state index contributed by atoms with van der Waals surface area (Å²) in [4.78, 5) is 13.5. The first kappa shape index (κ1) is 13.4. The summed E-state index contributed by atoms with van der Waals surface area (Å²) >= 11 is 0. The maximum Gasteiger partial charge on any atom is 0.263 e. The lowest BCUT2D eigenvalue weighted by atomic mass is 10.2. The third-order valence-electron chi connectivity index (χ3n) is 3.83. The highest BCUT2D eigenvalue weighted by atomic mass is 19.1. The summed E-state index contributed by atoms with van der Waals surface area (Å²) in [6.45, 7) is 1.29. The van der Waals surface area contributed by atoms with Crippen molar-refractivity contribution in [1.82, 2.24) is 10.2 Å². The normalized spacial score (nSPS) is 22.4. The first-order valence-electron chi connectivity index (χ1n) is 7.07. The van der Waals surface area contributed by atoms with Crippen molar-refractivity contribution in [2.75, 3.05) is 13.6 Å². The van der Waals surface area contributed by atoms with E-state index in [-0.39, 0.29) is 11.7 Å². The van der Waals surface area contributed by atoms with E-state index in [4.69, 9.17) is 4.74 Å². The first-order valence-corrected chi connectivity index (χ1v) is 7.07. The number of hydrogen-bond donors (Lipinski definition) is 1. The monoisotopic (exact) mass is 278 g/mol. The van der Waals surface area contributed by atoms with Crippen molar-refractivity contribution in [1.29, 1.82) is 0 Å². The van der Waals surface area contributed by atoms with Crippen molar-refractivity contribution in [2.45, 2.75) is 38.0 Å². The number of likely N-dealkylation sites (tertiary alicyclic amines) is 1. The minimum absolute atomic E-state index is 0.00423. The largest absolute Gasteiger partial charge is 0.480 e. The molecule has 0 bridgehead atoms. The number of carbonyl (C=O) groups excluding carboxylic acids is 1. The first-order chi connectivity index (χ1) is 9.63. The Bertz CT molecular complexity index is 517. The lowest BCUT2D eigenvalue weighted by Gasteiger charge is -2.16. The van der Waals surface area contributed by atoms with Gasteiger partial charge in [-0.3, -0.25) is 4.79 Å². The van der Waals surface area contributed by atoms with Crippen molar-refractivity contribution in [3.05, 3.63) is 29.6 Å². The van der Waals surface area contributed by atoms with E-state index < -0.39 is 6.10 Å². The summed E-state index contributed by atoms with van der Waals surface area (Å²) in [6.07, 6.45) is 2.60. The molecule has 1 aromatic carbocycles. The van der Waals surface area contributed by atoms with Crippen LogP contribution in [-0.2, 0) is 11.3 Å². The molecule has 0 aromatic heterocycles. The highest BCUT2D eigenvalue weighted by Crippen LogP contribution is 2.26. The number of benzene rings is 1. The van der Waals surface area contributed by atoms with Crippen LogP contribution < -0.4 is 10.1 Å². The van der Waals surface area contributed by atoms with E-state index in [0.29, 0.717) is 31.3 Å². The van der Waals surface area contributed by atoms with E-state index in [0.717, 1.165) is 5.56 Å². The Morgan fingerprint density at radius 2 is 2.20 bits per heavy atom. The Morgan fingerprint density at radius 3 is 2.85 bits per heavy atom. The Hall–Kier alpha value is -1.62. The second-order valence-corrected chi connectivity index (χ2v) is 5.56. The molecule has 0 spiro atoms. The molecule has 4 nitrogen and oxygen atoms in total.